The van der Waals surface area contributed by atoms with Crippen LogP contribution < -0.4 is 23.7 Å². The molecule has 0 N–H and O–H groups in total. The first-order valence-electron chi connectivity index (χ1n) is 12.8. The van der Waals surface area contributed by atoms with E-state index < -0.39 is 46.7 Å². The van der Waals surface area contributed by atoms with Crippen LogP contribution in [-0.2, 0) is 28.6 Å². The second-order valence-electron chi connectivity index (χ2n) is 10.4. The number of rotatable bonds is 10. The van der Waals surface area contributed by atoms with Crippen LogP contribution in [0.25, 0.3) is 0 Å². The molecule has 11 heteroatoms. The van der Waals surface area contributed by atoms with E-state index in [0.717, 1.165) is 0 Å². The highest BCUT2D eigenvalue weighted by Gasteiger charge is 2.75. The van der Waals surface area contributed by atoms with Crippen LogP contribution in [-0.4, -0.2) is 73.3 Å². The quantitative estimate of drug-likeness (QED) is 0.233. The second kappa shape index (κ2) is 12.2. The molecule has 0 bridgehead atoms. The van der Waals surface area contributed by atoms with Gasteiger partial charge < -0.3 is 37.9 Å². The SMILES string of the molecule is COC(=O)C1(C(=O)OC)[C@@H](c2ccc(OC)c(OC)c2)C(C(=O)OC(C)(C)C)[C@@H]1c1cc(OC)c(OC)c(OC)c1. The Morgan fingerprint density at radius 2 is 1.10 bits per heavy atom. The summed E-state index contributed by atoms with van der Waals surface area (Å²) in [6, 6.07) is 8.10. The Morgan fingerprint density at radius 1 is 0.634 bits per heavy atom. The predicted octanol–water partition coefficient (Wildman–Crippen LogP) is 3.90. The van der Waals surface area contributed by atoms with Crippen LogP contribution >= 0.6 is 0 Å². The average molecular weight is 575 g/mol. The fourth-order valence-electron chi connectivity index (χ4n) is 5.67. The summed E-state index contributed by atoms with van der Waals surface area (Å²) in [5.74, 6) is -4.03. The third-order valence-corrected chi connectivity index (χ3v) is 7.24. The molecule has 1 aliphatic carbocycles. The van der Waals surface area contributed by atoms with Crippen molar-refractivity contribution in [1.29, 1.82) is 0 Å². The normalized spacial score (nSPS) is 19.2. The van der Waals surface area contributed by atoms with E-state index in [9.17, 15) is 14.4 Å². The van der Waals surface area contributed by atoms with Crippen LogP contribution in [0.15, 0.2) is 30.3 Å². The maximum Gasteiger partial charge on any atom is 0.324 e. The first-order valence-corrected chi connectivity index (χ1v) is 12.8. The summed E-state index contributed by atoms with van der Waals surface area (Å²) in [6.45, 7) is 5.20. The molecule has 1 unspecified atom stereocenters. The third-order valence-electron chi connectivity index (χ3n) is 7.24. The van der Waals surface area contributed by atoms with Crippen LogP contribution in [0, 0.1) is 11.3 Å². The summed E-state index contributed by atoms with van der Waals surface area (Å²) in [4.78, 5) is 41.6. The lowest BCUT2D eigenvalue weighted by molar-refractivity contribution is -0.197. The molecule has 0 aliphatic heterocycles. The number of carbonyl (C=O) groups excluding carboxylic acids is 3. The molecule has 1 saturated carbocycles. The molecule has 0 radical (unpaired) electrons. The fraction of sp³-hybridized carbons (Fsp3) is 0.500. The van der Waals surface area contributed by atoms with Crippen molar-refractivity contribution in [2.75, 3.05) is 49.8 Å². The Balaban J connectivity index is 2.43. The van der Waals surface area contributed by atoms with Gasteiger partial charge in [0.1, 0.15) is 5.60 Å². The minimum Gasteiger partial charge on any atom is -0.493 e. The molecule has 11 nitrogen and oxygen atoms in total. The lowest BCUT2D eigenvalue weighted by Gasteiger charge is -2.56. The monoisotopic (exact) mass is 574 g/mol. The maximum absolute atomic E-state index is 14.0. The predicted molar refractivity (Wildman–Crippen MR) is 147 cm³/mol. The highest BCUT2D eigenvalue weighted by Crippen LogP contribution is 2.68. The van der Waals surface area contributed by atoms with Crippen molar-refractivity contribution in [3.8, 4) is 28.7 Å². The standard InChI is InChI=1S/C30H38O11/c1-29(2,3)41-26(31)22-23(16-11-12-18(34-4)19(13-16)35-5)30(27(32)39-9,28(33)40-10)24(22)17-14-20(36-6)25(38-8)21(15-17)37-7/h11-15,22-24H,1-10H3/t22?,23-,24-/m0/s1. The van der Waals surface area contributed by atoms with Gasteiger partial charge in [-0.3, -0.25) is 14.4 Å². The lowest BCUT2D eigenvalue weighted by Crippen LogP contribution is -2.65. The summed E-state index contributed by atoms with van der Waals surface area (Å²) >= 11 is 0. The number of hydrogen-bond donors (Lipinski definition) is 0. The zero-order chi connectivity index (χ0) is 30.7. The maximum atomic E-state index is 14.0. The largest absolute Gasteiger partial charge is 0.493 e. The molecule has 1 fully saturated rings. The minimum atomic E-state index is -2.00. The lowest BCUT2D eigenvalue weighted by atomic mass is 9.43. The van der Waals surface area contributed by atoms with Gasteiger partial charge in [0.05, 0.1) is 55.7 Å². The van der Waals surface area contributed by atoms with E-state index in [-0.39, 0.29) is 11.5 Å². The Kier molecular flexibility index (Phi) is 9.30. The van der Waals surface area contributed by atoms with Crippen molar-refractivity contribution >= 4 is 17.9 Å². The molecule has 2 aromatic rings. The van der Waals surface area contributed by atoms with E-state index in [1.54, 1.807) is 51.1 Å². The molecule has 0 aromatic heterocycles. The number of methoxy groups -OCH3 is 7. The summed E-state index contributed by atoms with van der Waals surface area (Å²) in [5, 5.41) is 0. The van der Waals surface area contributed by atoms with E-state index in [0.29, 0.717) is 28.4 Å². The number of ether oxygens (including phenoxy) is 8. The molecule has 0 spiro atoms. The molecule has 224 valence electrons. The zero-order valence-electron chi connectivity index (χ0n) is 25.1. The summed E-state index contributed by atoms with van der Waals surface area (Å²) in [7, 11) is 9.62. The van der Waals surface area contributed by atoms with E-state index >= 15 is 0 Å². The van der Waals surface area contributed by atoms with E-state index in [2.05, 4.69) is 0 Å². The van der Waals surface area contributed by atoms with Gasteiger partial charge >= 0.3 is 17.9 Å². The van der Waals surface area contributed by atoms with Gasteiger partial charge in [0, 0.05) is 11.8 Å². The van der Waals surface area contributed by atoms with Gasteiger partial charge in [0.2, 0.25) is 5.75 Å². The minimum absolute atomic E-state index is 0.267. The number of benzene rings is 2. The molecule has 3 rings (SSSR count). The zero-order valence-corrected chi connectivity index (χ0v) is 25.1. The first-order chi connectivity index (χ1) is 19.4. The number of hydrogen-bond acceptors (Lipinski definition) is 11. The van der Waals surface area contributed by atoms with Gasteiger partial charge in [0.25, 0.3) is 0 Å². The molecule has 0 amide bonds. The second-order valence-corrected chi connectivity index (χ2v) is 10.4. The van der Waals surface area contributed by atoms with Crippen LogP contribution in [0.5, 0.6) is 28.7 Å². The molecular weight excluding hydrogens is 536 g/mol. The molecule has 0 heterocycles. The van der Waals surface area contributed by atoms with Crippen molar-refractivity contribution in [2.24, 2.45) is 11.3 Å². The van der Waals surface area contributed by atoms with Crippen molar-refractivity contribution in [2.45, 2.75) is 38.2 Å². The van der Waals surface area contributed by atoms with E-state index in [1.165, 1.54) is 49.8 Å². The van der Waals surface area contributed by atoms with E-state index in [1.807, 2.05) is 0 Å². The van der Waals surface area contributed by atoms with Gasteiger partial charge in [-0.2, -0.15) is 0 Å². The van der Waals surface area contributed by atoms with Crippen molar-refractivity contribution in [3.05, 3.63) is 41.5 Å². The molecule has 3 atom stereocenters. The Morgan fingerprint density at radius 3 is 1.51 bits per heavy atom. The molecule has 41 heavy (non-hydrogen) atoms. The molecular formula is C30H38O11. The molecule has 0 saturated heterocycles. The van der Waals surface area contributed by atoms with Gasteiger partial charge in [-0.05, 0) is 56.2 Å². The Labute approximate surface area is 239 Å². The van der Waals surface area contributed by atoms with Gasteiger partial charge in [-0.1, -0.05) is 6.07 Å². The highest BCUT2D eigenvalue weighted by atomic mass is 16.6. The smallest absolute Gasteiger partial charge is 0.324 e. The van der Waals surface area contributed by atoms with Crippen LogP contribution in [0.2, 0.25) is 0 Å². The Hall–Kier alpha value is -4.15. The summed E-state index contributed by atoms with van der Waals surface area (Å²) in [5.41, 5.74) is -2.05. The third kappa shape index (κ3) is 5.32. The van der Waals surface area contributed by atoms with Crippen molar-refractivity contribution < 1.29 is 52.3 Å². The van der Waals surface area contributed by atoms with Crippen LogP contribution in [0.1, 0.15) is 43.7 Å². The van der Waals surface area contributed by atoms with Crippen molar-refractivity contribution in [1.82, 2.24) is 0 Å². The van der Waals surface area contributed by atoms with Gasteiger partial charge in [-0.25, -0.2) is 0 Å². The van der Waals surface area contributed by atoms with E-state index in [4.69, 9.17) is 37.9 Å². The summed E-state index contributed by atoms with van der Waals surface area (Å²) in [6.07, 6.45) is 0. The molecule has 2 aromatic carbocycles. The van der Waals surface area contributed by atoms with Crippen LogP contribution in [0.3, 0.4) is 0 Å². The Bertz CT molecular complexity index is 1250. The molecule has 1 aliphatic rings. The van der Waals surface area contributed by atoms with Gasteiger partial charge in [-0.15, -0.1) is 0 Å². The number of carbonyl (C=O) groups is 3. The number of esters is 3. The van der Waals surface area contributed by atoms with Gasteiger partial charge in [0.15, 0.2) is 28.4 Å². The summed E-state index contributed by atoms with van der Waals surface area (Å²) < 4.78 is 43.7. The fourth-order valence-corrected chi connectivity index (χ4v) is 5.67. The van der Waals surface area contributed by atoms with Crippen LogP contribution in [0.4, 0.5) is 0 Å². The average Bonchev–Trinajstić information content (AvgIpc) is 2.94. The first kappa shape index (κ1) is 31.4. The van der Waals surface area contributed by atoms with Crippen molar-refractivity contribution in [3.63, 3.8) is 0 Å². The topological polar surface area (TPSA) is 125 Å². The highest BCUT2D eigenvalue weighted by molar-refractivity contribution is 6.06.